The van der Waals surface area contributed by atoms with Gasteiger partial charge in [-0.2, -0.15) is 13.5 Å². The Hall–Kier alpha value is -5.33. The first-order chi connectivity index (χ1) is 21.0. The third-order valence-corrected chi connectivity index (χ3v) is 6.91. The van der Waals surface area contributed by atoms with Crippen molar-refractivity contribution in [2.24, 2.45) is 7.05 Å². The molecular weight excluding hydrogens is 582 g/mol. The van der Waals surface area contributed by atoms with Crippen LogP contribution in [0.4, 0.5) is 23.2 Å². The lowest BCUT2D eigenvalue weighted by atomic mass is 10.1. The van der Waals surface area contributed by atoms with E-state index in [9.17, 15) is 18.4 Å². The summed E-state index contributed by atoms with van der Waals surface area (Å²) in [7, 11) is 4.58. The first-order valence-corrected chi connectivity index (χ1v) is 13.3. The number of allylic oxidation sites excluding steroid dienone is 2. The van der Waals surface area contributed by atoms with Crippen molar-refractivity contribution in [1.29, 1.82) is 0 Å². The van der Waals surface area contributed by atoms with Crippen LogP contribution in [0.2, 0.25) is 0 Å². The molecule has 5 rings (SSSR count). The van der Waals surface area contributed by atoms with Crippen LogP contribution in [0.15, 0.2) is 71.7 Å². The Morgan fingerprint density at radius 1 is 1.02 bits per heavy atom. The number of hydrogen-bond acceptors (Lipinski definition) is 6. The van der Waals surface area contributed by atoms with Gasteiger partial charge in [0.05, 0.1) is 18.4 Å². The summed E-state index contributed by atoms with van der Waals surface area (Å²) in [6.07, 6.45) is 5.73. The van der Waals surface area contributed by atoms with E-state index in [1.165, 1.54) is 31.0 Å². The Balaban J connectivity index is 1.66. The molecule has 0 atom stereocenters. The lowest BCUT2D eigenvalue weighted by Gasteiger charge is -2.18. The van der Waals surface area contributed by atoms with Crippen LogP contribution in [-0.4, -0.2) is 52.5 Å². The first-order valence-electron chi connectivity index (χ1n) is 13.3. The van der Waals surface area contributed by atoms with E-state index in [2.05, 4.69) is 15.0 Å². The Bertz CT molecular complexity index is 1840. The second kappa shape index (κ2) is 12.1. The van der Waals surface area contributed by atoms with Crippen molar-refractivity contribution >= 4 is 17.2 Å². The number of carbonyl (C=O) groups is 1. The zero-order valence-electron chi connectivity index (χ0n) is 24.1. The van der Waals surface area contributed by atoms with Crippen molar-refractivity contribution in [3.05, 3.63) is 106 Å². The van der Waals surface area contributed by atoms with Crippen molar-refractivity contribution in [3.8, 4) is 28.6 Å². The molecule has 1 N–H and O–H groups in total. The van der Waals surface area contributed by atoms with E-state index in [0.29, 0.717) is 12.2 Å². The zero-order valence-corrected chi connectivity index (χ0v) is 24.1. The van der Waals surface area contributed by atoms with Crippen LogP contribution < -0.4 is 20.3 Å². The number of likely N-dealkylation sites (N-methyl/N-ethyl adjacent to an activating group) is 1. The Labute approximate surface area is 249 Å². The standard InChI is InChI=1S/C31H27F4N5O4/c1-17-13-24(18-9-11-38(2)12-10-18)36-25(14-17)40-30(42)27(37-29(41)19-5-7-20(8-6-19)44-31(34)35)28(39(40)3)26-22(32)15-21(43-4)16-23(26)33/h5-11,13-16,31H,12H2,1-4H3,(H,37,41). The second-order valence-electron chi connectivity index (χ2n) is 9.99. The largest absolute Gasteiger partial charge is 0.497 e. The molecule has 0 aliphatic carbocycles. The van der Waals surface area contributed by atoms with Crippen molar-refractivity contribution < 1.29 is 31.8 Å². The number of nitrogens with one attached hydrogen (secondary N) is 1. The maximum absolute atomic E-state index is 15.4. The number of alkyl halides is 2. The molecule has 13 heteroatoms. The van der Waals surface area contributed by atoms with E-state index in [1.54, 1.807) is 6.07 Å². The van der Waals surface area contributed by atoms with Crippen LogP contribution in [0.25, 0.3) is 22.6 Å². The van der Waals surface area contributed by atoms with Gasteiger partial charge < -0.3 is 19.7 Å². The summed E-state index contributed by atoms with van der Waals surface area (Å²) in [5.74, 6) is -3.05. The highest BCUT2D eigenvalue weighted by Gasteiger charge is 2.28. The van der Waals surface area contributed by atoms with Gasteiger partial charge in [0.25, 0.3) is 11.5 Å². The van der Waals surface area contributed by atoms with Gasteiger partial charge in [0.1, 0.15) is 34.5 Å². The highest BCUT2D eigenvalue weighted by Crippen LogP contribution is 2.34. The van der Waals surface area contributed by atoms with E-state index in [-0.39, 0.29) is 28.6 Å². The molecule has 9 nitrogen and oxygen atoms in total. The molecule has 1 aliphatic rings. The third-order valence-electron chi connectivity index (χ3n) is 6.91. The fourth-order valence-corrected chi connectivity index (χ4v) is 4.80. The number of nitrogens with zero attached hydrogens (tertiary/aromatic N) is 4. The lowest BCUT2D eigenvalue weighted by Crippen LogP contribution is -2.24. The molecule has 228 valence electrons. The van der Waals surface area contributed by atoms with Crippen molar-refractivity contribution in [3.63, 3.8) is 0 Å². The van der Waals surface area contributed by atoms with Gasteiger partial charge in [-0.3, -0.25) is 14.3 Å². The minimum absolute atomic E-state index is 0.0278. The molecule has 0 radical (unpaired) electrons. The molecule has 0 bridgehead atoms. The molecule has 0 fully saturated rings. The Morgan fingerprint density at radius 3 is 2.30 bits per heavy atom. The fraction of sp³-hybridized carbons (Fsp3) is 0.194. The number of hydrogen-bond donors (Lipinski definition) is 1. The molecular formula is C31H27F4N5O4. The van der Waals surface area contributed by atoms with Gasteiger partial charge in [0, 0.05) is 38.3 Å². The van der Waals surface area contributed by atoms with Crippen LogP contribution in [0.5, 0.6) is 11.5 Å². The normalized spacial score (nSPS) is 12.8. The van der Waals surface area contributed by atoms with Crippen molar-refractivity contribution in [2.45, 2.75) is 13.5 Å². The topological polar surface area (TPSA) is 90.6 Å². The van der Waals surface area contributed by atoms with Crippen LogP contribution in [0.1, 0.15) is 21.6 Å². The second-order valence-corrected chi connectivity index (χ2v) is 9.99. The highest BCUT2D eigenvalue weighted by molar-refractivity contribution is 6.06. The van der Waals surface area contributed by atoms with E-state index in [4.69, 9.17) is 4.74 Å². The molecule has 0 saturated heterocycles. The van der Waals surface area contributed by atoms with Gasteiger partial charge in [0.15, 0.2) is 5.82 Å². The number of methoxy groups -OCH3 is 1. The maximum Gasteiger partial charge on any atom is 0.387 e. The Kier molecular flexibility index (Phi) is 8.30. The van der Waals surface area contributed by atoms with Crippen molar-refractivity contribution in [2.75, 3.05) is 26.0 Å². The third kappa shape index (κ3) is 5.93. The summed E-state index contributed by atoms with van der Waals surface area (Å²) in [4.78, 5) is 33.9. The average Bonchev–Trinajstić information content (AvgIpc) is 3.21. The number of ether oxygens (including phenoxy) is 2. The quantitative estimate of drug-likeness (QED) is 0.265. The fourth-order valence-electron chi connectivity index (χ4n) is 4.80. The number of anilines is 1. The van der Waals surface area contributed by atoms with Crippen LogP contribution in [0, 0.1) is 18.6 Å². The first kappa shape index (κ1) is 30.1. The highest BCUT2D eigenvalue weighted by atomic mass is 19.3. The zero-order chi connectivity index (χ0) is 31.7. The summed E-state index contributed by atoms with van der Waals surface area (Å²) in [6, 6.07) is 10.1. The number of aryl methyl sites for hydroxylation is 1. The van der Waals surface area contributed by atoms with Gasteiger partial charge >= 0.3 is 6.61 Å². The monoisotopic (exact) mass is 609 g/mol. The Morgan fingerprint density at radius 2 is 1.70 bits per heavy atom. The predicted octanol–water partition coefficient (Wildman–Crippen LogP) is 5.53. The van der Waals surface area contributed by atoms with Crippen LogP contribution in [0.3, 0.4) is 0 Å². The molecule has 44 heavy (non-hydrogen) atoms. The summed E-state index contributed by atoms with van der Waals surface area (Å²) in [6.45, 7) is -0.598. The number of rotatable bonds is 8. The van der Waals surface area contributed by atoms with Gasteiger partial charge in [-0.05, 0) is 66.7 Å². The number of benzene rings is 2. The van der Waals surface area contributed by atoms with Gasteiger partial charge in [-0.15, -0.1) is 0 Å². The summed E-state index contributed by atoms with van der Waals surface area (Å²) >= 11 is 0. The molecule has 0 saturated carbocycles. The number of carbonyl (C=O) groups excluding carboxylic acids is 1. The van der Waals surface area contributed by atoms with Gasteiger partial charge in [-0.25, -0.2) is 13.8 Å². The molecule has 3 heterocycles. The van der Waals surface area contributed by atoms with Crippen LogP contribution in [-0.2, 0) is 7.05 Å². The molecule has 2 aromatic carbocycles. The molecule has 0 spiro atoms. The minimum Gasteiger partial charge on any atom is -0.497 e. The maximum atomic E-state index is 15.4. The summed E-state index contributed by atoms with van der Waals surface area (Å²) < 4.78 is 67.6. The lowest BCUT2D eigenvalue weighted by molar-refractivity contribution is -0.0498. The molecule has 1 amide bonds. The molecule has 1 aliphatic heterocycles. The number of halogens is 4. The minimum atomic E-state index is -3.06. The molecule has 4 aromatic rings. The van der Waals surface area contributed by atoms with Gasteiger partial charge in [0.2, 0.25) is 0 Å². The smallest absolute Gasteiger partial charge is 0.387 e. The number of amides is 1. The number of pyridine rings is 1. The van der Waals surface area contributed by atoms with E-state index < -0.39 is 41.0 Å². The molecule has 0 unspecified atom stereocenters. The molecule has 2 aromatic heterocycles. The summed E-state index contributed by atoms with van der Waals surface area (Å²) in [5.41, 5.74) is -0.00737. The van der Waals surface area contributed by atoms with E-state index in [0.717, 1.165) is 40.1 Å². The van der Waals surface area contributed by atoms with Gasteiger partial charge in [-0.1, -0.05) is 6.08 Å². The van der Waals surface area contributed by atoms with E-state index in [1.807, 2.05) is 43.3 Å². The SMILES string of the molecule is COc1cc(F)c(-c2c(NC(=O)c3ccc(OC(F)F)cc3)c(=O)n(-c3cc(C)cc(C4=CCN(C)C=C4)n3)n2C)c(F)c1. The van der Waals surface area contributed by atoms with E-state index >= 15 is 8.78 Å². The average molecular weight is 610 g/mol. The summed E-state index contributed by atoms with van der Waals surface area (Å²) in [5, 5.41) is 2.46. The van der Waals surface area contributed by atoms with Crippen LogP contribution >= 0.6 is 0 Å². The predicted molar refractivity (Wildman–Crippen MR) is 156 cm³/mol. The van der Waals surface area contributed by atoms with Crippen molar-refractivity contribution in [1.82, 2.24) is 19.2 Å². The number of aromatic nitrogens is 3.